The van der Waals surface area contributed by atoms with Crippen molar-refractivity contribution in [2.45, 2.75) is 97.4 Å². The number of benzene rings is 2. The van der Waals surface area contributed by atoms with Crippen molar-refractivity contribution in [1.82, 2.24) is 0 Å². The van der Waals surface area contributed by atoms with E-state index < -0.39 is 5.82 Å². The zero-order valence-electron chi connectivity index (χ0n) is 23.5. The summed E-state index contributed by atoms with van der Waals surface area (Å²) in [4.78, 5) is 14.0. The van der Waals surface area contributed by atoms with Gasteiger partial charge in [0.25, 0.3) is 5.91 Å². The molecule has 0 saturated heterocycles. The first kappa shape index (κ1) is 33.0. The van der Waals surface area contributed by atoms with Gasteiger partial charge in [-0.15, -0.1) is 0 Å². The van der Waals surface area contributed by atoms with E-state index in [1.54, 1.807) is 29.5 Å². The largest absolute Gasteiger partial charge is 1.00 e. The minimum absolute atomic E-state index is 0. The number of amides is 1. The lowest BCUT2D eigenvalue weighted by atomic mass is 10.1. The molecule has 1 N–H and O–H groups in total. The summed E-state index contributed by atoms with van der Waals surface area (Å²) in [5.41, 5.74) is 4.06. The third kappa shape index (κ3) is 12.6. The van der Waals surface area contributed by atoms with Crippen molar-refractivity contribution < 1.29 is 35.5 Å². The molecule has 0 atom stereocenters. The van der Waals surface area contributed by atoms with Crippen LogP contribution in [0.25, 0.3) is 0 Å². The standard InChI is InChI=1S/C32H43FN2O2S.BrH/c1-3-4-5-6-7-8-9-10-11-12-13-14-20-37-31-19-18-29(22-30(31)33)34-32(36)28-17-15-16-27(21-28)24-35-23-26(2)38-25-35;/h15-19,21-23,25H,3-14,20,24H2,1-2H3;1H. The number of rotatable bonds is 18. The number of nitrogens with one attached hydrogen (secondary N) is 1. The zero-order chi connectivity index (χ0) is 27.0. The Labute approximate surface area is 248 Å². The molecule has 0 fully saturated rings. The molecule has 3 aromatic rings. The monoisotopic (exact) mass is 618 g/mol. The van der Waals surface area contributed by atoms with Gasteiger partial charge in [-0.25, -0.2) is 4.39 Å². The Morgan fingerprint density at radius 3 is 2.21 bits per heavy atom. The van der Waals surface area contributed by atoms with Crippen LogP contribution in [0.1, 0.15) is 105 Å². The molecule has 0 aliphatic rings. The van der Waals surface area contributed by atoms with Crippen LogP contribution >= 0.6 is 11.3 Å². The van der Waals surface area contributed by atoms with Gasteiger partial charge in [-0.1, -0.05) is 101 Å². The van der Waals surface area contributed by atoms with E-state index in [0.29, 0.717) is 24.4 Å². The Morgan fingerprint density at radius 2 is 1.59 bits per heavy atom. The highest BCUT2D eigenvalue weighted by molar-refractivity contribution is 7.09. The highest BCUT2D eigenvalue weighted by atomic mass is 79.9. The molecular weight excluding hydrogens is 575 g/mol. The number of ether oxygens (including phenoxy) is 1. The fourth-order valence-corrected chi connectivity index (χ4v) is 5.21. The first-order valence-corrected chi connectivity index (χ1v) is 15.2. The quantitative estimate of drug-likeness (QED) is 0.143. The normalized spacial score (nSPS) is 10.7. The number of carbonyl (C=O) groups excluding carboxylic acids is 1. The fraction of sp³-hybridized carbons (Fsp3) is 0.500. The van der Waals surface area contributed by atoms with Gasteiger partial charge in [0, 0.05) is 22.9 Å². The Morgan fingerprint density at radius 1 is 0.923 bits per heavy atom. The second-order valence-corrected chi connectivity index (χ2v) is 11.3. The van der Waals surface area contributed by atoms with Gasteiger partial charge in [0.15, 0.2) is 24.3 Å². The maximum Gasteiger partial charge on any atom is 0.255 e. The maximum atomic E-state index is 14.6. The Bertz CT molecular complexity index is 1120. The average molecular weight is 620 g/mol. The zero-order valence-corrected chi connectivity index (χ0v) is 25.9. The van der Waals surface area contributed by atoms with Crippen LogP contribution in [0.2, 0.25) is 0 Å². The molecule has 7 heteroatoms. The van der Waals surface area contributed by atoms with Crippen molar-refractivity contribution in [3.63, 3.8) is 0 Å². The third-order valence-electron chi connectivity index (χ3n) is 6.72. The topological polar surface area (TPSA) is 42.2 Å². The van der Waals surface area contributed by atoms with Crippen LogP contribution in [-0.4, -0.2) is 12.5 Å². The summed E-state index contributed by atoms with van der Waals surface area (Å²) in [6.45, 7) is 5.54. The predicted molar refractivity (Wildman–Crippen MR) is 156 cm³/mol. The van der Waals surface area contributed by atoms with Crippen LogP contribution < -0.4 is 31.6 Å². The van der Waals surface area contributed by atoms with Crippen LogP contribution in [0.5, 0.6) is 5.75 Å². The number of carbonyl (C=O) groups is 1. The summed E-state index contributed by atoms with van der Waals surface area (Å²) < 4.78 is 22.3. The molecule has 214 valence electrons. The lowest BCUT2D eigenvalue weighted by Gasteiger charge is -2.10. The molecule has 1 aromatic heterocycles. The second kappa shape index (κ2) is 18.9. The lowest BCUT2D eigenvalue weighted by molar-refractivity contribution is -0.683. The van der Waals surface area contributed by atoms with Crippen molar-refractivity contribution in [2.24, 2.45) is 0 Å². The Kier molecular flexibility index (Phi) is 16.0. The van der Waals surface area contributed by atoms with Crippen LogP contribution in [0.15, 0.2) is 54.2 Å². The summed E-state index contributed by atoms with van der Waals surface area (Å²) >= 11 is 1.69. The number of thiazole rings is 1. The van der Waals surface area contributed by atoms with Crippen molar-refractivity contribution in [3.05, 3.63) is 76.0 Å². The van der Waals surface area contributed by atoms with E-state index in [4.69, 9.17) is 4.74 Å². The molecule has 1 amide bonds. The summed E-state index contributed by atoms with van der Waals surface area (Å²) in [5.74, 6) is -0.487. The van der Waals surface area contributed by atoms with Gasteiger partial charge < -0.3 is 27.0 Å². The van der Waals surface area contributed by atoms with E-state index in [1.165, 1.54) is 75.2 Å². The van der Waals surface area contributed by atoms with E-state index in [0.717, 1.165) is 18.4 Å². The molecule has 0 unspecified atom stereocenters. The smallest absolute Gasteiger partial charge is 0.255 e. The van der Waals surface area contributed by atoms with Crippen molar-refractivity contribution in [1.29, 1.82) is 0 Å². The molecule has 1 heterocycles. The third-order valence-corrected chi connectivity index (χ3v) is 7.57. The molecule has 0 aliphatic carbocycles. The van der Waals surface area contributed by atoms with Gasteiger partial charge in [-0.05, 0) is 37.6 Å². The van der Waals surface area contributed by atoms with Crippen molar-refractivity contribution >= 4 is 22.9 Å². The Balaban J connectivity index is 0.00000533. The molecule has 3 rings (SSSR count). The van der Waals surface area contributed by atoms with Crippen LogP contribution in [0.4, 0.5) is 10.1 Å². The van der Waals surface area contributed by atoms with Gasteiger partial charge in [0.05, 0.1) is 11.5 Å². The fourth-order valence-electron chi connectivity index (χ4n) is 4.57. The second-order valence-electron chi connectivity index (χ2n) is 10.2. The minimum atomic E-state index is -0.459. The molecule has 39 heavy (non-hydrogen) atoms. The number of halogens is 2. The molecule has 0 bridgehead atoms. The molecule has 2 aromatic carbocycles. The highest BCUT2D eigenvalue weighted by Crippen LogP contribution is 2.22. The highest BCUT2D eigenvalue weighted by Gasteiger charge is 2.12. The maximum absolute atomic E-state index is 14.6. The van der Waals surface area contributed by atoms with Crippen LogP contribution in [-0.2, 0) is 6.54 Å². The summed E-state index contributed by atoms with van der Waals surface area (Å²) in [5, 5.41) is 2.80. The SMILES string of the molecule is CCCCCCCCCCCCCCOc1ccc(NC(=O)c2cccc(C[n+]3csc(C)c3)c2)cc1F.[Br-]. The molecule has 0 saturated carbocycles. The predicted octanol–water partition coefficient (Wildman–Crippen LogP) is 5.87. The van der Waals surface area contributed by atoms with Crippen LogP contribution in [0, 0.1) is 12.7 Å². The number of aromatic nitrogens is 1. The number of anilines is 1. The number of hydrogen-bond donors (Lipinski definition) is 1. The lowest BCUT2D eigenvalue weighted by Crippen LogP contribution is -3.00. The summed E-state index contributed by atoms with van der Waals surface area (Å²) in [6.07, 6.45) is 17.5. The van der Waals surface area contributed by atoms with Crippen molar-refractivity contribution in [2.75, 3.05) is 11.9 Å². The first-order valence-electron chi connectivity index (χ1n) is 14.3. The minimum Gasteiger partial charge on any atom is -1.00 e. The molecule has 0 aliphatic heterocycles. The number of nitrogens with zero attached hydrogens (tertiary/aromatic N) is 1. The number of hydrogen-bond acceptors (Lipinski definition) is 3. The van der Waals surface area contributed by atoms with E-state index in [9.17, 15) is 9.18 Å². The average Bonchev–Trinajstić information content (AvgIpc) is 3.32. The van der Waals surface area contributed by atoms with Gasteiger partial charge >= 0.3 is 0 Å². The molecule has 0 radical (unpaired) electrons. The van der Waals surface area contributed by atoms with E-state index in [1.807, 2.05) is 18.2 Å². The van der Waals surface area contributed by atoms with Gasteiger partial charge in [0.1, 0.15) is 0 Å². The van der Waals surface area contributed by atoms with E-state index in [-0.39, 0.29) is 28.6 Å². The summed E-state index contributed by atoms with van der Waals surface area (Å²) in [6, 6.07) is 12.1. The number of aryl methyl sites for hydroxylation is 1. The van der Waals surface area contributed by atoms with Gasteiger partial charge in [-0.2, -0.15) is 4.57 Å². The first-order chi connectivity index (χ1) is 18.5. The molecular formula is C32H44BrFN2O2S. The van der Waals surface area contributed by atoms with Crippen molar-refractivity contribution in [3.8, 4) is 5.75 Å². The van der Waals surface area contributed by atoms with Gasteiger partial charge in [0.2, 0.25) is 5.51 Å². The molecule has 0 spiro atoms. The summed E-state index contributed by atoms with van der Waals surface area (Å²) in [7, 11) is 0. The number of unbranched alkanes of at least 4 members (excludes halogenated alkanes) is 11. The molecule has 4 nitrogen and oxygen atoms in total. The van der Waals surface area contributed by atoms with Crippen LogP contribution in [0.3, 0.4) is 0 Å². The van der Waals surface area contributed by atoms with Gasteiger partial charge in [-0.3, -0.25) is 4.79 Å². The Hall–Kier alpha value is -2.25. The van der Waals surface area contributed by atoms with E-state index in [2.05, 4.69) is 35.4 Å². The van der Waals surface area contributed by atoms with E-state index >= 15 is 0 Å².